The van der Waals surface area contributed by atoms with Crippen LogP contribution in [-0.4, -0.2) is 20.2 Å². The first-order chi connectivity index (χ1) is 15.9. The fourth-order valence-corrected chi connectivity index (χ4v) is 4.94. The quantitative estimate of drug-likeness (QED) is 0.320. The molecule has 0 saturated carbocycles. The topological polar surface area (TPSA) is 90.7 Å². The average Bonchev–Trinajstić information content (AvgIpc) is 3.45. The molecule has 1 aromatic heterocycles. The number of benzene rings is 3. The number of fused-ring (bicyclic) bond motifs is 1. The lowest BCUT2D eigenvalue weighted by molar-refractivity contribution is 0.174. The molecule has 0 spiro atoms. The zero-order valence-corrected chi connectivity index (χ0v) is 20.1. The summed E-state index contributed by atoms with van der Waals surface area (Å²) in [5.74, 6) is 1.53. The summed E-state index contributed by atoms with van der Waals surface area (Å²) in [6.07, 6.45) is 0. The Morgan fingerprint density at radius 1 is 0.970 bits per heavy atom. The number of sulfone groups is 1. The maximum atomic E-state index is 13.4. The van der Waals surface area contributed by atoms with Gasteiger partial charge in [0.15, 0.2) is 11.5 Å². The highest BCUT2D eigenvalue weighted by molar-refractivity contribution is 9.10. The summed E-state index contributed by atoms with van der Waals surface area (Å²) in [7, 11) is -3.98. The largest absolute Gasteiger partial charge is 0.454 e. The van der Waals surface area contributed by atoms with Crippen molar-refractivity contribution in [3.05, 3.63) is 81.8 Å². The first kappa shape index (κ1) is 21.8. The average molecular weight is 548 g/mol. The monoisotopic (exact) mass is 546 g/mol. The molecule has 7 nitrogen and oxygen atoms in total. The summed E-state index contributed by atoms with van der Waals surface area (Å²) in [6, 6.07) is 18.6. The lowest BCUT2D eigenvalue weighted by atomic mass is 10.2. The zero-order valence-electron chi connectivity index (χ0n) is 16.9. The second kappa shape index (κ2) is 8.74. The summed E-state index contributed by atoms with van der Waals surface area (Å²) in [4.78, 5) is 4.40. The van der Waals surface area contributed by atoms with Gasteiger partial charge in [0, 0.05) is 21.6 Å². The van der Waals surface area contributed by atoms with Crippen LogP contribution in [0, 0.1) is 0 Å². The van der Waals surface area contributed by atoms with Crippen LogP contribution in [0.4, 0.5) is 5.88 Å². The Labute approximate surface area is 203 Å². The molecular formula is C23H16BrClN2O5S. The lowest BCUT2D eigenvalue weighted by Gasteiger charge is -2.07. The third-order valence-electron chi connectivity index (χ3n) is 4.96. The van der Waals surface area contributed by atoms with Crippen molar-refractivity contribution in [1.82, 2.24) is 4.98 Å². The number of ether oxygens (including phenoxy) is 2. The molecule has 0 saturated heterocycles. The molecule has 3 aromatic carbocycles. The fourth-order valence-electron chi connectivity index (χ4n) is 3.27. The van der Waals surface area contributed by atoms with Gasteiger partial charge >= 0.3 is 0 Å². The van der Waals surface area contributed by atoms with Gasteiger partial charge in [0.2, 0.25) is 33.4 Å². The molecule has 1 aliphatic heterocycles. The molecule has 5 rings (SSSR count). The molecule has 168 valence electrons. The van der Waals surface area contributed by atoms with E-state index in [1.807, 2.05) is 24.3 Å². The van der Waals surface area contributed by atoms with Crippen molar-refractivity contribution in [3.8, 4) is 23.0 Å². The third kappa shape index (κ3) is 4.44. The van der Waals surface area contributed by atoms with Gasteiger partial charge in [-0.1, -0.05) is 33.6 Å². The van der Waals surface area contributed by atoms with Crippen LogP contribution in [0.25, 0.3) is 11.5 Å². The van der Waals surface area contributed by atoms with E-state index < -0.39 is 9.84 Å². The molecule has 4 aromatic rings. The van der Waals surface area contributed by atoms with Crippen molar-refractivity contribution in [2.45, 2.75) is 16.5 Å². The summed E-state index contributed by atoms with van der Waals surface area (Å²) in [5.41, 5.74) is 1.50. The standard InChI is InChI=1S/C23H16BrClN2O5S/c24-16-4-2-15(3-5-16)21-27-23(33(28,29)18-8-6-17(25)7-9-18)22(32-21)26-12-14-1-10-19-20(11-14)31-13-30-19/h1-11,26H,12-13H2. The molecule has 33 heavy (non-hydrogen) atoms. The van der Waals surface area contributed by atoms with E-state index in [1.165, 1.54) is 24.3 Å². The number of hydrogen-bond acceptors (Lipinski definition) is 7. The van der Waals surface area contributed by atoms with Crippen molar-refractivity contribution >= 4 is 43.3 Å². The van der Waals surface area contributed by atoms with Gasteiger partial charge in [-0.15, -0.1) is 0 Å². The van der Waals surface area contributed by atoms with Crippen molar-refractivity contribution in [2.75, 3.05) is 12.1 Å². The molecule has 2 heterocycles. The Kier molecular flexibility index (Phi) is 5.77. The van der Waals surface area contributed by atoms with Crippen molar-refractivity contribution in [3.63, 3.8) is 0 Å². The lowest BCUT2D eigenvalue weighted by Crippen LogP contribution is -2.07. The van der Waals surface area contributed by atoms with Gasteiger partial charge in [0.25, 0.3) is 0 Å². The molecule has 0 radical (unpaired) electrons. The van der Waals surface area contributed by atoms with E-state index >= 15 is 0 Å². The molecule has 10 heteroatoms. The van der Waals surface area contributed by atoms with E-state index in [0.29, 0.717) is 22.1 Å². The summed E-state index contributed by atoms with van der Waals surface area (Å²) in [6.45, 7) is 0.461. The van der Waals surface area contributed by atoms with Gasteiger partial charge in [-0.25, -0.2) is 8.42 Å². The van der Waals surface area contributed by atoms with Crippen LogP contribution in [0.1, 0.15) is 5.56 Å². The first-order valence-corrected chi connectivity index (χ1v) is 12.5. The van der Waals surface area contributed by atoms with Gasteiger partial charge in [-0.3, -0.25) is 0 Å². The second-order valence-electron chi connectivity index (χ2n) is 7.16. The highest BCUT2D eigenvalue weighted by Crippen LogP contribution is 2.35. The normalized spacial score (nSPS) is 12.7. The van der Waals surface area contributed by atoms with E-state index in [-0.39, 0.29) is 35.0 Å². The molecular weight excluding hydrogens is 532 g/mol. The van der Waals surface area contributed by atoms with Crippen LogP contribution in [0.15, 0.2) is 85.5 Å². The number of rotatable bonds is 6. The summed E-state index contributed by atoms with van der Waals surface area (Å²) < 4.78 is 44.3. The van der Waals surface area contributed by atoms with Crippen LogP contribution in [-0.2, 0) is 16.4 Å². The van der Waals surface area contributed by atoms with Crippen molar-refractivity contribution in [1.29, 1.82) is 0 Å². The maximum Gasteiger partial charge on any atom is 0.234 e. The van der Waals surface area contributed by atoms with Gasteiger partial charge in [0.05, 0.1) is 4.90 Å². The smallest absolute Gasteiger partial charge is 0.234 e. The van der Waals surface area contributed by atoms with Gasteiger partial charge in [0.1, 0.15) is 0 Å². The maximum absolute atomic E-state index is 13.4. The minimum Gasteiger partial charge on any atom is -0.454 e. The van der Waals surface area contributed by atoms with E-state index in [1.54, 1.807) is 18.2 Å². The minimum atomic E-state index is -3.98. The molecule has 0 unspecified atom stereocenters. The highest BCUT2D eigenvalue weighted by atomic mass is 79.9. The van der Waals surface area contributed by atoms with Crippen LogP contribution in [0.3, 0.4) is 0 Å². The number of hydrogen-bond donors (Lipinski definition) is 1. The fraction of sp³-hybridized carbons (Fsp3) is 0.0870. The summed E-state index contributed by atoms with van der Waals surface area (Å²) >= 11 is 9.32. The van der Waals surface area contributed by atoms with Gasteiger partial charge in [-0.2, -0.15) is 4.98 Å². The first-order valence-electron chi connectivity index (χ1n) is 9.80. The predicted octanol–water partition coefficient (Wildman–Crippen LogP) is 5.93. The second-order valence-corrected chi connectivity index (χ2v) is 10.4. The Hall–Kier alpha value is -3.01. The Morgan fingerprint density at radius 3 is 2.45 bits per heavy atom. The van der Waals surface area contributed by atoms with Crippen LogP contribution in [0.5, 0.6) is 11.5 Å². The van der Waals surface area contributed by atoms with Crippen LogP contribution in [0.2, 0.25) is 5.02 Å². The number of oxazole rings is 1. The molecule has 0 aliphatic carbocycles. The predicted molar refractivity (Wildman–Crippen MR) is 126 cm³/mol. The third-order valence-corrected chi connectivity index (χ3v) is 7.41. The molecule has 1 N–H and O–H groups in total. The minimum absolute atomic E-state index is 0.0422. The Balaban J connectivity index is 1.52. The van der Waals surface area contributed by atoms with Crippen molar-refractivity contribution in [2.24, 2.45) is 0 Å². The zero-order chi connectivity index (χ0) is 23.0. The SMILES string of the molecule is O=S(=O)(c1ccc(Cl)cc1)c1nc(-c2ccc(Br)cc2)oc1NCc1ccc2c(c1)OCO2. The molecule has 0 atom stereocenters. The Bertz CT molecular complexity index is 1420. The summed E-state index contributed by atoms with van der Waals surface area (Å²) in [5, 5.41) is 3.30. The van der Waals surface area contributed by atoms with E-state index in [0.717, 1.165) is 10.0 Å². The van der Waals surface area contributed by atoms with E-state index in [2.05, 4.69) is 26.2 Å². The molecule has 0 amide bonds. The number of nitrogens with one attached hydrogen (secondary N) is 1. The number of nitrogens with zero attached hydrogens (tertiary/aromatic N) is 1. The number of anilines is 1. The molecule has 1 aliphatic rings. The number of aromatic nitrogens is 1. The molecule has 0 fully saturated rings. The highest BCUT2D eigenvalue weighted by Gasteiger charge is 2.28. The van der Waals surface area contributed by atoms with Crippen LogP contribution >= 0.6 is 27.5 Å². The van der Waals surface area contributed by atoms with E-state index in [9.17, 15) is 8.42 Å². The van der Waals surface area contributed by atoms with Gasteiger partial charge in [-0.05, 0) is 66.2 Å². The van der Waals surface area contributed by atoms with Crippen molar-refractivity contribution < 1.29 is 22.3 Å². The van der Waals surface area contributed by atoms with E-state index in [4.69, 9.17) is 25.5 Å². The molecule has 0 bridgehead atoms. The Morgan fingerprint density at radius 2 is 1.70 bits per heavy atom. The van der Waals surface area contributed by atoms with Gasteiger partial charge < -0.3 is 19.2 Å². The number of halogens is 2. The van der Waals surface area contributed by atoms with Crippen LogP contribution < -0.4 is 14.8 Å².